The molecule has 2 fully saturated rings. The Balaban J connectivity index is 1.44. The summed E-state index contributed by atoms with van der Waals surface area (Å²) in [7, 11) is 1.75. The summed E-state index contributed by atoms with van der Waals surface area (Å²) in [6.45, 7) is 6.14. The van der Waals surface area contributed by atoms with Gasteiger partial charge in [-0.15, -0.1) is 0 Å². The molecular weight excluding hydrogens is 368 g/mol. The number of nitrogens with zero attached hydrogens (tertiary/aromatic N) is 3. The van der Waals surface area contributed by atoms with Crippen LogP contribution in [0.3, 0.4) is 0 Å². The quantitative estimate of drug-likeness (QED) is 0.737. The van der Waals surface area contributed by atoms with Crippen molar-refractivity contribution in [1.29, 1.82) is 0 Å². The van der Waals surface area contributed by atoms with Crippen molar-refractivity contribution in [1.82, 2.24) is 20.0 Å². The van der Waals surface area contributed by atoms with Gasteiger partial charge in [-0.25, -0.2) is 0 Å². The zero-order chi connectivity index (χ0) is 20.1. The predicted molar refractivity (Wildman–Crippen MR) is 112 cm³/mol. The fourth-order valence-corrected chi connectivity index (χ4v) is 4.48. The van der Waals surface area contributed by atoms with Crippen molar-refractivity contribution in [3.05, 3.63) is 30.0 Å². The number of aromatic nitrogens is 2. The third-order valence-electron chi connectivity index (χ3n) is 6.21. The first-order valence-electron chi connectivity index (χ1n) is 10.8. The molecule has 7 heteroatoms. The summed E-state index contributed by atoms with van der Waals surface area (Å²) in [5, 5.41) is 8.24. The van der Waals surface area contributed by atoms with Gasteiger partial charge in [-0.3, -0.25) is 9.89 Å². The number of benzene rings is 1. The fourth-order valence-electron chi connectivity index (χ4n) is 4.48. The van der Waals surface area contributed by atoms with Crippen molar-refractivity contribution in [3.63, 3.8) is 0 Å². The normalized spacial score (nSPS) is 21.1. The maximum atomic E-state index is 13.4. The average Bonchev–Trinajstić information content (AvgIpc) is 3.42. The summed E-state index contributed by atoms with van der Waals surface area (Å²) < 4.78 is 11.0. The van der Waals surface area contributed by atoms with Gasteiger partial charge in [0.1, 0.15) is 0 Å². The van der Waals surface area contributed by atoms with Crippen molar-refractivity contribution in [2.45, 2.75) is 31.8 Å². The lowest BCUT2D eigenvalue weighted by Crippen LogP contribution is -2.44. The lowest BCUT2D eigenvalue weighted by atomic mass is 9.95. The summed E-state index contributed by atoms with van der Waals surface area (Å²) in [6.07, 6.45) is 4.47. The van der Waals surface area contributed by atoms with Gasteiger partial charge in [0, 0.05) is 38.7 Å². The van der Waals surface area contributed by atoms with E-state index in [1.54, 1.807) is 7.11 Å². The number of H-pyrrole nitrogens is 1. The van der Waals surface area contributed by atoms with Crippen LogP contribution in [0.15, 0.2) is 24.3 Å². The number of rotatable bonds is 8. The predicted octanol–water partition coefficient (Wildman–Crippen LogP) is 2.54. The Bertz CT molecular complexity index is 794. The lowest BCUT2D eigenvalue weighted by Gasteiger charge is -2.35. The highest BCUT2D eigenvalue weighted by Crippen LogP contribution is 2.23. The molecule has 158 valence electrons. The van der Waals surface area contributed by atoms with Crippen LogP contribution < -0.4 is 0 Å². The van der Waals surface area contributed by atoms with E-state index in [0.29, 0.717) is 18.2 Å². The number of hydrogen-bond donors (Lipinski definition) is 1. The minimum atomic E-state index is 0.0137. The molecular formula is C22H32N4O3. The Hall–Kier alpha value is -1.96. The molecule has 2 aliphatic heterocycles. The molecule has 1 unspecified atom stereocenters. The zero-order valence-corrected chi connectivity index (χ0v) is 17.3. The molecule has 0 radical (unpaired) electrons. The number of ether oxygens (including phenoxy) is 2. The SMILES string of the molecule is COCCN1CCC(CN(CC2CCCO2)C(=O)c2n[nH]c3ccccc23)CC1. The molecule has 1 amide bonds. The monoisotopic (exact) mass is 400 g/mol. The first kappa shape index (κ1) is 20.3. The number of para-hydroxylation sites is 1. The van der Waals surface area contributed by atoms with E-state index in [2.05, 4.69) is 15.1 Å². The molecule has 1 atom stereocenters. The zero-order valence-electron chi connectivity index (χ0n) is 17.3. The second-order valence-corrected chi connectivity index (χ2v) is 8.24. The van der Waals surface area contributed by atoms with E-state index in [-0.39, 0.29) is 12.0 Å². The Kier molecular flexibility index (Phi) is 6.79. The Morgan fingerprint density at radius 1 is 1.28 bits per heavy atom. The van der Waals surface area contributed by atoms with E-state index in [1.807, 2.05) is 29.2 Å². The maximum Gasteiger partial charge on any atom is 0.275 e. The number of carbonyl (C=O) groups excluding carboxylic acids is 1. The molecule has 7 nitrogen and oxygen atoms in total. The Morgan fingerprint density at radius 3 is 2.86 bits per heavy atom. The first-order valence-corrected chi connectivity index (χ1v) is 10.8. The minimum Gasteiger partial charge on any atom is -0.383 e. The Morgan fingerprint density at radius 2 is 2.10 bits per heavy atom. The lowest BCUT2D eigenvalue weighted by molar-refractivity contribution is 0.0434. The first-order chi connectivity index (χ1) is 14.2. The second-order valence-electron chi connectivity index (χ2n) is 8.24. The molecule has 0 spiro atoms. The van der Waals surface area contributed by atoms with Crippen molar-refractivity contribution in [2.24, 2.45) is 5.92 Å². The van der Waals surface area contributed by atoms with Gasteiger partial charge in [0.05, 0.1) is 18.2 Å². The summed E-state index contributed by atoms with van der Waals surface area (Å²) >= 11 is 0. The van der Waals surface area contributed by atoms with Gasteiger partial charge < -0.3 is 19.3 Å². The number of methoxy groups -OCH3 is 1. The summed E-state index contributed by atoms with van der Waals surface area (Å²) in [5.41, 5.74) is 1.43. The highest BCUT2D eigenvalue weighted by Gasteiger charge is 2.29. The van der Waals surface area contributed by atoms with Crippen molar-refractivity contribution in [3.8, 4) is 0 Å². The van der Waals surface area contributed by atoms with Gasteiger partial charge in [-0.1, -0.05) is 18.2 Å². The van der Waals surface area contributed by atoms with Crippen molar-refractivity contribution < 1.29 is 14.3 Å². The summed E-state index contributed by atoms with van der Waals surface area (Å²) in [6, 6.07) is 7.83. The summed E-state index contributed by atoms with van der Waals surface area (Å²) in [4.78, 5) is 17.9. The third kappa shape index (κ3) is 4.97. The van der Waals surface area contributed by atoms with Crippen molar-refractivity contribution in [2.75, 3.05) is 53.0 Å². The molecule has 0 aliphatic carbocycles. The van der Waals surface area contributed by atoms with E-state index < -0.39 is 0 Å². The van der Waals surface area contributed by atoms with Crippen LogP contribution in [0.1, 0.15) is 36.2 Å². The molecule has 2 aliphatic rings. The van der Waals surface area contributed by atoms with E-state index in [4.69, 9.17) is 9.47 Å². The second kappa shape index (κ2) is 9.69. The number of aromatic amines is 1. The van der Waals surface area contributed by atoms with Crippen LogP contribution in [0.2, 0.25) is 0 Å². The molecule has 4 rings (SSSR count). The fraction of sp³-hybridized carbons (Fsp3) is 0.636. The molecule has 29 heavy (non-hydrogen) atoms. The van der Waals surface area contributed by atoms with Gasteiger partial charge >= 0.3 is 0 Å². The van der Waals surface area contributed by atoms with Gasteiger partial charge in [0.25, 0.3) is 5.91 Å². The number of nitrogens with one attached hydrogen (secondary N) is 1. The van der Waals surface area contributed by atoms with Gasteiger partial charge in [-0.05, 0) is 50.8 Å². The van der Waals surface area contributed by atoms with Gasteiger partial charge in [-0.2, -0.15) is 5.10 Å². The molecule has 1 N–H and O–H groups in total. The molecule has 2 aromatic rings. The highest BCUT2D eigenvalue weighted by atomic mass is 16.5. The smallest absolute Gasteiger partial charge is 0.275 e. The number of carbonyl (C=O) groups is 1. The van der Waals surface area contributed by atoms with Crippen LogP contribution in [0.25, 0.3) is 10.9 Å². The van der Waals surface area contributed by atoms with Crippen LogP contribution in [0.5, 0.6) is 0 Å². The number of fused-ring (bicyclic) bond motifs is 1. The topological polar surface area (TPSA) is 70.7 Å². The molecule has 0 saturated carbocycles. The number of likely N-dealkylation sites (tertiary alicyclic amines) is 1. The van der Waals surface area contributed by atoms with Crippen molar-refractivity contribution >= 4 is 16.8 Å². The van der Waals surface area contributed by atoms with E-state index in [9.17, 15) is 4.79 Å². The standard InChI is InChI=1S/C22H32N4O3/c1-28-14-12-25-10-8-17(9-11-25)15-26(16-18-5-4-13-29-18)22(27)21-19-6-2-3-7-20(19)23-24-21/h2-3,6-7,17-18H,4-5,8-16H2,1H3,(H,23,24). The highest BCUT2D eigenvalue weighted by molar-refractivity contribution is 6.04. The van der Waals surface area contributed by atoms with Crippen LogP contribution in [-0.2, 0) is 9.47 Å². The molecule has 1 aromatic carbocycles. The number of hydrogen-bond acceptors (Lipinski definition) is 5. The maximum absolute atomic E-state index is 13.4. The Labute approximate surface area is 172 Å². The van der Waals surface area contributed by atoms with E-state index >= 15 is 0 Å². The molecule has 2 saturated heterocycles. The van der Waals surface area contributed by atoms with E-state index in [1.165, 1.54) is 0 Å². The average molecular weight is 401 g/mol. The summed E-state index contributed by atoms with van der Waals surface area (Å²) in [5.74, 6) is 0.532. The van der Waals surface area contributed by atoms with Crippen LogP contribution in [-0.4, -0.2) is 85.1 Å². The largest absolute Gasteiger partial charge is 0.383 e. The van der Waals surface area contributed by atoms with Crippen LogP contribution >= 0.6 is 0 Å². The minimum absolute atomic E-state index is 0.0137. The van der Waals surface area contributed by atoms with Gasteiger partial charge in [0.2, 0.25) is 0 Å². The van der Waals surface area contributed by atoms with Crippen LogP contribution in [0, 0.1) is 5.92 Å². The van der Waals surface area contributed by atoms with Crippen LogP contribution in [0.4, 0.5) is 0 Å². The third-order valence-corrected chi connectivity index (χ3v) is 6.21. The van der Waals surface area contributed by atoms with E-state index in [0.717, 1.165) is 76.0 Å². The number of amides is 1. The molecule has 1 aromatic heterocycles. The molecule has 0 bridgehead atoms. The molecule has 3 heterocycles. The van der Waals surface area contributed by atoms with Gasteiger partial charge in [0.15, 0.2) is 5.69 Å². The number of piperidine rings is 1.